The van der Waals surface area contributed by atoms with Gasteiger partial charge in [0.2, 0.25) is 0 Å². The van der Waals surface area contributed by atoms with Gasteiger partial charge < -0.3 is 21.3 Å². The lowest BCUT2D eigenvalue weighted by molar-refractivity contribution is -0.138. The van der Waals surface area contributed by atoms with Gasteiger partial charge in [-0.1, -0.05) is 0 Å². The van der Waals surface area contributed by atoms with Gasteiger partial charge in [0, 0.05) is 20.1 Å². The molecule has 1 atom stereocenters. The van der Waals surface area contributed by atoms with Gasteiger partial charge in [-0.15, -0.1) is 0 Å². The highest BCUT2D eigenvalue weighted by molar-refractivity contribution is 5.80. The fourth-order valence-electron chi connectivity index (χ4n) is 0.943. The summed E-state index contributed by atoms with van der Waals surface area (Å²) in [6, 6.07) is -0.805. The molecule has 6 heteroatoms. The van der Waals surface area contributed by atoms with Crippen LogP contribution < -0.4 is 11.5 Å². The smallest absolute Gasteiger partial charge is 0.320 e. The van der Waals surface area contributed by atoms with E-state index in [4.69, 9.17) is 21.3 Å². The summed E-state index contributed by atoms with van der Waals surface area (Å²) in [5.41, 5.74) is 10.9. The maximum Gasteiger partial charge on any atom is 0.320 e. The molecule has 0 fully saturated rings. The van der Waals surface area contributed by atoms with E-state index in [1.54, 1.807) is 7.11 Å². The number of methoxy groups -OCH3 is 1. The van der Waals surface area contributed by atoms with Crippen LogP contribution in [0.5, 0.6) is 0 Å². The van der Waals surface area contributed by atoms with Crippen LogP contribution in [0.15, 0.2) is 4.99 Å². The molecule has 0 amide bonds. The monoisotopic (exact) mass is 217 g/mol. The highest BCUT2D eigenvalue weighted by Crippen LogP contribution is 1.95. The Balaban J connectivity index is 3.55. The topological polar surface area (TPSA) is 111 Å². The van der Waals surface area contributed by atoms with Gasteiger partial charge >= 0.3 is 5.97 Å². The van der Waals surface area contributed by atoms with Crippen molar-refractivity contribution in [1.29, 1.82) is 0 Å². The highest BCUT2D eigenvalue weighted by Gasteiger charge is 2.09. The van der Waals surface area contributed by atoms with Crippen molar-refractivity contribution >= 4 is 11.8 Å². The molecule has 0 radical (unpaired) electrons. The van der Waals surface area contributed by atoms with Crippen molar-refractivity contribution in [3.63, 3.8) is 0 Å². The number of aliphatic imine (C=N–C) groups is 1. The van der Waals surface area contributed by atoms with E-state index in [0.717, 1.165) is 0 Å². The van der Waals surface area contributed by atoms with E-state index in [2.05, 4.69) is 4.99 Å². The highest BCUT2D eigenvalue weighted by atomic mass is 16.5. The van der Waals surface area contributed by atoms with Crippen molar-refractivity contribution in [2.45, 2.75) is 25.3 Å². The summed E-state index contributed by atoms with van der Waals surface area (Å²) in [5.74, 6) is -0.452. The Hall–Kier alpha value is -1.14. The lowest BCUT2D eigenvalue weighted by atomic mass is 10.2. The molecule has 15 heavy (non-hydrogen) atoms. The summed E-state index contributed by atoms with van der Waals surface area (Å²) in [7, 11) is 1.60. The first-order valence-electron chi connectivity index (χ1n) is 4.84. The van der Waals surface area contributed by atoms with Gasteiger partial charge in [0.15, 0.2) is 0 Å². The molecule has 6 nitrogen and oxygen atoms in total. The number of ether oxygens (including phenoxy) is 1. The lowest BCUT2D eigenvalue weighted by Gasteiger charge is -2.04. The summed E-state index contributed by atoms with van der Waals surface area (Å²) >= 11 is 0. The minimum Gasteiger partial charge on any atom is -0.480 e. The number of aliphatic carboxylic acids is 1. The number of nitrogens with two attached hydrogens (primary N) is 2. The minimum absolute atomic E-state index is 0.413. The van der Waals surface area contributed by atoms with Crippen molar-refractivity contribution < 1.29 is 14.6 Å². The van der Waals surface area contributed by atoms with Gasteiger partial charge in [0.1, 0.15) is 6.04 Å². The number of carboxylic acids is 1. The zero-order chi connectivity index (χ0) is 11.7. The van der Waals surface area contributed by atoms with Crippen LogP contribution in [0.4, 0.5) is 0 Å². The number of hydrogen-bond donors (Lipinski definition) is 3. The Labute approximate surface area is 89.3 Å². The van der Waals surface area contributed by atoms with Crippen LogP contribution >= 0.6 is 0 Å². The zero-order valence-corrected chi connectivity index (χ0v) is 8.98. The lowest BCUT2D eigenvalue weighted by Crippen LogP contribution is -2.30. The van der Waals surface area contributed by atoms with Gasteiger partial charge in [-0.05, 0) is 12.8 Å². The third-order valence-corrected chi connectivity index (χ3v) is 1.87. The molecule has 0 aromatic heterocycles. The third kappa shape index (κ3) is 7.90. The molecule has 0 aromatic carbocycles. The molecule has 0 aliphatic rings. The molecule has 0 bridgehead atoms. The number of carbonyl (C=O) groups is 1. The molecule has 0 aromatic rings. The maximum atomic E-state index is 10.4. The molecule has 0 spiro atoms. The molecule has 0 aliphatic carbocycles. The number of hydrogen-bond acceptors (Lipinski definition) is 4. The molecule has 0 saturated carbocycles. The Bertz CT molecular complexity index is 219. The van der Waals surface area contributed by atoms with E-state index in [-0.39, 0.29) is 0 Å². The van der Waals surface area contributed by atoms with Gasteiger partial charge in [-0.3, -0.25) is 9.79 Å². The summed E-state index contributed by atoms with van der Waals surface area (Å²) in [6.45, 7) is 1.06. The first-order chi connectivity index (χ1) is 7.07. The minimum atomic E-state index is -0.980. The van der Waals surface area contributed by atoms with Crippen LogP contribution in [-0.2, 0) is 9.53 Å². The second-order valence-electron chi connectivity index (χ2n) is 3.20. The SMILES string of the molecule is COCCC(N)=NCCC[C@H](N)C(=O)O. The molecular formula is C9H19N3O3. The van der Waals surface area contributed by atoms with Crippen molar-refractivity contribution in [3.8, 4) is 0 Å². The quantitative estimate of drug-likeness (QED) is 0.290. The first kappa shape index (κ1) is 13.9. The Morgan fingerprint density at radius 1 is 1.60 bits per heavy atom. The summed E-state index contributed by atoms with van der Waals surface area (Å²) in [4.78, 5) is 14.4. The zero-order valence-electron chi connectivity index (χ0n) is 8.98. The predicted octanol–water partition coefficient (Wildman–Crippen LogP) is -0.428. The Kier molecular flexibility index (Phi) is 7.57. The molecule has 0 unspecified atom stereocenters. The number of rotatable bonds is 8. The molecule has 0 aliphatic heterocycles. The average molecular weight is 217 g/mol. The second-order valence-corrected chi connectivity index (χ2v) is 3.20. The van der Waals surface area contributed by atoms with E-state index in [1.807, 2.05) is 0 Å². The molecule has 88 valence electrons. The number of amidine groups is 1. The fraction of sp³-hybridized carbons (Fsp3) is 0.778. The maximum absolute atomic E-state index is 10.4. The largest absolute Gasteiger partial charge is 0.480 e. The van der Waals surface area contributed by atoms with E-state index >= 15 is 0 Å². The summed E-state index contributed by atoms with van der Waals surface area (Å²) in [6.07, 6.45) is 1.64. The van der Waals surface area contributed by atoms with Crippen LogP contribution in [-0.4, -0.2) is 43.2 Å². The molecule has 0 saturated heterocycles. The van der Waals surface area contributed by atoms with E-state index in [1.165, 1.54) is 0 Å². The number of carboxylic acid groups (broad SMARTS) is 1. The van der Waals surface area contributed by atoms with E-state index < -0.39 is 12.0 Å². The predicted molar refractivity (Wildman–Crippen MR) is 57.8 cm³/mol. The second kappa shape index (κ2) is 8.19. The van der Waals surface area contributed by atoms with Crippen molar-refractivity contribution in [2.24, 2.45) is 16.5 Å². The van der Waals surface area contributed by atoms with Crippen LogP contribution in [0.2, 0.25) is 0 Å². The van der Waals surface area contributed by atoms with Crippen LogP contribution in [0.3, 0.4) is 0 Å². The van der Waals surface area contributed by atoms with Crippen molar-refractivity contribution in [1.82, 2.24) is 0 Å². The Morgan fingerprint density at radius 2 is 2.27 bits per heavy atom. The van der Waals surface area contributed by atoms with Crippen LogP contribution in [0, 0.1) is 0 Å². The fourth-order valence-corrected chi connectivity index (χ4v) is 0.943. The van der Waals surface area contributed by atoms with Gasteiger partial charge in [-0.25, -0.2) is 0 Å². The summed E-state index contributed by atoms with van der Waals surface area (Å²) < 4.78 is 4.83. The van der Waals surface area contributed by atoms with Crippen LogP contribution in [0.1, 0.15) is 19.3 Å². The normalized spacial score (nSPS) is 13.9. The first-order valence-corrected chi connectivity index (χ1v) is 4.84. The van der Waals surface area contributed by atoms with E-state index in [0.29, 0.717) is 38.2 Å². The molecule has 5 N–H and O–H groups in total. The Morgan fingerprint density at radius 3 is 2.80 bits per heavy atom. The molecule has 0 rings (SSSR count). The van der Waals surface area contributed by atoms with Crippen molar-refractivity contribution in [2.75, 3.05) is 20.3 Å². The third-order valence-electron chi connectivity index (χ3n) is 1.87. The van der Waals surface area contributed by atoms with E-state index in [9.17, 15) is 4.79 Å². The summed E-state index contributed by atoms with van der Waals surface area (Å²) in [5, 5.41) is 8.50. The van der Waals surface area contributed by atoms with Gasteiger partial charge in [-0.2, -0.15) is 0 Å². The average Bonchev–Trinajstić information content (AvgIpc) is 2.20. The van der Waals surface area contributed by atoms with Gasteiger partial charge in [0.25, 0.3) is 0 Å². The standard InChI is InChI=1S/C9H19N3O3/c1-15-6-4-8(11)12-5-2-3-7(10)9(13)14/h7H,2-6,10H2,1H3,(H2,11,12)(H,13,14)/t7-/m0/s1. The number of nitrogens with zero attached hydrogens (tertiary/aromatic N) is 1. The molecule has 0 heterocycles. The van der Waals surface area contributed by atoms with Crippen LogP contribution in [0.25, 0.3) is 0 Å². The molecular weight excluding hydrogens is 198 g/mol. The van der Waals surface area contributed by atoms with Crippen molar-refractivity contribution in [3.05, 3.63) is 0 Å². The van der Waals surface area contributed by atoms with Gasteiger partial charge in [0.05, 0.1) is 12.4 Å².